The van der Waals surface area contributed by atoms with Gasteiger partial charge in [0.25, 0.3) is 11.5 Å². The molecule has 9 nitrogen and oxygen atoms in total. The van der Waals surface area contributed by atoms with Gasteiger partial charge >= 0.3 is 5.97 Å². The van der Waals surface area contributed by atoms with Gasteiger partial charge < -0.3 is 19.1 Å². The number of aromatic nitrogens is 1. The minimum Gasteiger partial charge on any atom is -0.463 e. The third-order valence-electron chi connectivity index (χ3n) is 7.34. The van der Waals surface area contributed by atoms with Crippen molar-refractivity contribution >= 4 is 40.2 Å². The number of anilines is 1. The number of esters is 1. The summed E-state index contributed by atoms with van der Waals surface area (Å²) in [6.07, 6.45) is 0. The van der Waals surface area contributed by atoms with E-state index in [0.29, 0.717) is 44.3 Å². The highest BCUT2D eigenvalue weighted by Gasteiger charge is 2.38. The number of benzene rings is 3. The zero-order valence-electron chi connectivity index (χ0n) is 22.1. The second-order valence-corrected chi connectivity index (χ2v) is 10.6. The Kier molecular flexibility index (Phi) is 5.86. The molecule has 4 heterocycles. The Bertz CT molecular complexity index is 1970. The molecule has 0 unspecified atom stereocenters. The lowest BCUT2D eigenvalue weighted by molar-refractivity contribution is -0.138. The number of likely N-dealkylation sites (N-methyl/N-ethyl adjacent to an activating group) is 1. The van der Waals surface area contributed by atoms with E-state index >= 15 is 0 Å². The molecule has 0 aliphatic carbocycles. The summed E-state index contributed by atoms with van der Waals surface area (Å²) in [5.74, 6) is 0.224. The van der Waals surface area contributed by atoms with Crippen molar-refractivity contribution in [3.05, 3.63) is 115 Å². The summed E-state index contributed by atoms with van der Waals surface area (Å²) in [4.78, 5) is 48.2. The van der Waals surface area contributed by atoms with Crippen molar-refractivity contribution in [3.63, 3.8) is 0 Å². The van der Waals surface area contributed by atoms with Crippen LogP contribution in [0.15, 0.2) is 88.2 Å². The molecule has 0 N–H and O–H groups in total. The van der Waals surface area contributed by atoms with Gasteiger partial charge in [-0.15, -0.1) is 0 Å². The van der Waals surface area contributed by atoms with Gasteiger partial charge in [0.15, 0.2) is 16.3 Å². The Morgan fingerprint density at radius 3 is 2.59 bits per heavy atom. The quantitative estimate of drug-likeness (QED) is 0.353. The molecule has 3 aliphatic rings. The molecule has 7 rings (SSSR count). The van der Waals surface area contributed by atoms with E-state index < -0.39 is 17.6 Å². The highest BCUT2D eigenvalue weighted by Crippen LogP contribution is 2.40. The van der Waals surface area contributed by atoms with Gasteiger partial charge in [0.2, 0.25) is 6.79 Å². The molecular weight excluding hydrogens is 542 g/mol. The molecule has 10 heteroatoms. The molecule has 0 saturated heterocycles. The van der Waals surface area contributed by atoms with E-state index in [-0.39, 0.29) is 29.4 Å². The zero-order valence-corrected chi connectivity index (χ0v) is 22.9. The lowest BCUT2D eigenvalue weighted by atomic mass is 9.93. The van der Waals surface area contributed by atoms with E-state index in [1.165, 1.54) is 9.47 Å². The van der Waals surface area contributed by atoms with Crippen molar-refractivity contribution < 1.29 is 23.8 Å². The van der Waals surface area contributed by atoms with Gasteiger partial charge in [0.05, 0.1) is 35.2 Å². The molecule has 0 spiro atoms. The molecule has 1 aromatic heterocycles. The van der Waals surface area contributed by atoms with Crippen LogP contribution in [0.3, 0.4) is 0 Å². The highest BCUT2D eigenvalue weighted by molar-refractivity contribution is 7.07. The van der Waals surface area contributed by atoms with Crippen LogP contribution in [0, 0.1) is 0 Å². The van der Waals surface area contributed by atoms with Crippen LogP contribution >= 0.6 is 11.3 Å². The van der Waals surface area contributed by atoms with Gasteiger partial charge in [-0.25, -0.2) is 9.79 Å². The van der Waals surface area contributed by atoms with Gasteiger partial charge in [-0.2, -0.15) is 0 Å². The molecule has 4 aromatic rings. The Hall–Kier alpha value is -4.96. The number of hydrogen-bond donors (Lipinski definition) is 0. The van der Waals surface area contributed by atoms with Crippen LogP contribution in [-0.2, 0) is 14.3 Å². The summed E-state index contributed by atoms with van der Waals surface area (Å²) < 4.78 is 18.4. The Morgan fingerprint density at radius 2 is 1.78 bits per heavy atom. The van der Waals surface area contributed by atoms with Crippen molar-refractivity contribution in [2.75, 3.05) is 25.3 Å². The predicted octanol–water partition coefficient (Wildman–Crippen LogP) is 3.01. The maximum Gasteiger partial charge on any atom is 0.338 e. The first-order valence-corrected chi connectivity index (χ1v) is 13.9. The molecule has 0 saturated carbocycles. The highest BCUT2D eigenvalue weighted by atomic mass is 32.1. The second kappa shape index (κ2) is 9.60. The van der Waals surface area contributed by atoms with E-state index in [0.717, 1.165) is 17.0 Å². The number of rotatable bonds is 4. The van der Waals surface area contributed by atoms with E-state index in [4.69, 9.17) is 19.2 Å². The smallest absolute Gasteiger partial charge is 0.338 e. The van der Waals surface area contributed by atoms with E-state index in [2.05, 4.69) is 0 Å². The largest absolute Gasteiger partial charge is 0.463 e. The maximum atomic E-state index is 14.3. The fourth-order valence-corrected chi connectivity index (χ4v) is 6.57. The van der Waals surface area contributed by atoms with Crippen LogP contribution in [0.5, 0.6) is 11.5 Å². The minimum absolute atomic E-state index is 0.0791. The molecule has 41 heavy (non-hydrogen) atoms. The van der Waals surface area contributed by atoms with Crippen molar-refractivity contribution in [1.29, 1.82) is 0 Å². The molecule has 1 atom stereocenters. The summed E-state index contributed by atoms with van der Waals surface area (Å²) in [5, 5.41) is 0. The molecule has 204 valence electrons. The standard InChI is InChI=1S/C31H23N3O6S/c1-3-38-30(37)24-25(17-9-5-4-6-10-17)32-31-34(26(24)18-13-14-21-22(15-18)40-16-39-21)29(36)27(41-31)23-19-11-7-8-12-20(19)33(2)28(23)35/h4-15,26H,3,16H2,1-2H3/b27-23-/t26-/m0/s1. The van der Waals surface area contributed by atoms with Crippen molar-refractivity contribution in [1.82, 2.24) is 4.57 Å². The third-order valence-corrected chi connectivity index (χ3v) is 8.40. The number of hydrogen-bond acceptors (Lipinski definition) is 8. The monoisotopic (exact) mass is 565 g/mol. The van der Waals surface area contributed by atoms with E-state index in [9.17, 15) is 14.4 Å². The van der Waals surface area contributed by atoms with Crippen LogP contribution in [-0.4, -0.2) is 36.9 Å². The first-order chi connectivity index (χ1) is 20.0. The van der Waals surface area contributed by atoms with Gasteiger partial charge in [-0.05, 0) is 30.7 Å². The fraction of sp³-hybridized carbons (Fsp3) is 0.161. The number of nitrogens with zero attached hydrogens (tertiary/aromatic N) is 3. The van der Waals surface area contributed by atoms with Crippen molar-refractivity contribution in [2.24, 2.45) is 4.99 Å². The number of amides is 1. The summed E-state index contributed by atoms with van der Waals surface area (Å²) in [6, 6.07) is 21.1. The summed E-state index contributed by atoms with van der Waals surface area (Å²) in [6.45, 7) is 1.95. The topological polar surface area (TPSA) is 99.4 Å². The maximum absolute atomic E-state index is 14.3. The minimum atomic E-state index is -0.895. The molecule has 0 fully saturated rings. The lowest BCUT2D eigenvalue weighted by Crippen LogP contribution is -2.40. The fourth-order valence-electron chi connectivity index (χ4n) is 5.48. The number of thiazole rings is 1. The molecule has 0 bridgehead atoms. The van der Waals surface area contributed by atoms with Gasteiger partial charge in [-0.3, -0.25) is 14.2 Å². The second-order valence-electron chi connectivity index (χ2n) is 9.62. The average Bonchev–Trinajstić information content (AvgIpc) is 3.67. The molecular formula is C31H23N3O6S. The zero-order chi connectivity index (χ0) is 28.2. The Balaban J connectivity index is 1.57. The average molecular weight is 566 g/mol. The van der Waals surface area contributed by atoms with Crippen LogP contribution < -0.4 is 29.3 Å². The summed E-state index contributed by atoms with van der Waals surface area (Å²) >= 11 is 1.14. The SMILES string of the molecule is CCOC(=O)C1=C(c2ccccc2)N=c2s/c(=C3\C(=O)N(C)c4ccccc43)c(=O)n2[C@H]1c1ccc2c(c1)OCO2. The number of ether oxygens (including phenoxy) is 3. The predicted molar refractivity (Wildman–Crippen MR) is 152 cm³/mol. The van der Waals surface area contributed by atoms with Crippen LogP contribution in [0.1, 0.15) is 29.7 Å². The normalized spacial score (nSPS) is 18.2. The Labute approximate surface area is 237 Å². The van der Waals surface area contributed by atoms with Crippen LogP contribution in [0.4, 0.5) is 5.69 Å². The third kappa shape index (κ3) is 3.82. The number of carbonyl (C=O) groups excluding carboxylic acids is 2. The van der Waals surface area contributed by atoms with Gasteiger partial charge in [0, 0.05) is 18.2 Å². The molecule has 0 radical (unpaired) electrons. The molecule has 3 aromatic carbocycles. The van der Waals surface area contributed by atoms with Crippen LogP contribution in [0.2, 0.25) is 0 Å². The van der Waals surface area contributed by atoms with Gasteiger partial charge in [-0.1, -0.05) is 65.9 Å². The van der Waals surface area contributed by atoms with Crippen molar-refractivity contribution in [2.45, 2.75) is 13.0 Å². The molecule has 1 amide bonds. The van der Waals surface area contributed by atoms with Crippen molar-refractivity contribution in [3.8, 4) is 11.5 Å². The summed E-state index contributed by atoms with van der Waals surface area (Å²) in [7, 11) is 1.69. The van der Waals surface area contributed by atoms with Crippen LogP contribution in [0.25, 0.3) is 11.3 Å². The van der Waals surface area contributed by atoms with Gasteiger partial charge in [0.1, 0.15) is 4.53 Å². The van der Waals surface area contributed by atoms with E-state index in [1.54, 1.807) is 32.2 Å². The number of carbonyl (C=O) groups is 2. The first kappa shape index (κ1) is 25.0. The Morgan fingerprint density at radius 1 is 1.02 bits per heavy atom. The first-order valence-electron chi connectivity index (χ1n) is 13.1. The number of para-hydroxylation sites is 1. The summed E-state index contributed by atoms with van der Waals surface area (Å²) in [5.41, 5.74) is 3.24. The molecule has 3 aliphatic heterocycles. The lowest BCUT2D eigenvalue weighted by Gasteiger charge is -2.26. The van der Waals surface area contributed by atoms with E-state index in [1.807, 2.05) is 54.6 Å². The number of fused-ring (bicyclic) bond motifs is 3.